The zero-order chi connectivity index (χ0) is 6.43. The van der Waals surface area contributed by atoms with Crippen molar-refractivity contribution in [2.45, 2.75) is 25.0 Å². The highest BCUT2D eigenvalue weighted by atomic mass is 16.5. The van der Waals surface area contributed by atoms with E-state index in [9.17, 15) is 0 Å². The maximum absolute atomic E-state index is 5.50. The van der Waals surface area contributed by atoms with Gasteiger partial charge < -0.3 is 4.74 Å². The lowest BCUT2D eigenvalue weighted by Gasteiger charge is -2.08. The van der Waals surface area contributed by atoms with Crippen molar-refractivity contribution >= 4 is 0 Å². The fraction of sp³-hybridized carbons (Fsp3) is 0.500. The second-order valence-corrected chi connectivity index (χ2v) is 2.74. The maximum Gasteiger partial charge on any atom is 0.0832 e. The Kier molecular flexibility index (Phi) is 0.862. The molecule has 0 N–H and O–H groups in total. The van der Waals surface area contributed by atoms with Crippen molar-refractivity contribution in [1.82, 2.24) is 0 Å². The van der Waals surface area contributed by atoms with Crippen molar-refractivity contribution < 1.29 is 4.74 Å². The molecule has 2 aliphatic heterocycles. The Morgan fingerprint density at radius 2 is 1.56 bits per heavy atom. The Labute approximate surface area is 55.0 Å². The maximum atomic E-state index is 5.50. The van der Waals surface area contributed by atoms with Gasteiger partial charge >= 0.3 is 0 Å². The van der Waals surface area contributed by atoms with Gasteiger partial charge in [0.15, 0.2) is 0 Å². The van der Waals surface area contributed by atoms with Crippen molar-refractivity contribution in [2.75, 3.05) is 0 Å². The van der Waals surface area contributed by atoms with Gasteiger partial charge in [-0.25, -0.2) is 0 Å². The van der Waals surface area contributed by atoms with E-state index >= 15 is 0 Å². The second-order valence-electron chi connectivity index (χ2n) is 2.74. The van der Waals surface area contributed by atoms with E-state index in [0.29, 0.717) is 12.2 Å². The molecular formula is C8H10O. The standard InChI is InChI=1S/C8H10O/c1-5-6(2)8-4-3-7(5)9-8/h7-8H,1-4H2. The van der Waals surface area contributed by atoms with Crippen LogP contribution in [0.5, 0.6) is 0 Å². The van der Waals surface area contributed by atoms with Crippen molar-refractivity contribution in [1.29, 1.82) is 0 Å². The monoisotopic (exact) mass is 122 g/mol. The minimum Gasteiger partial charge on any atom is -0.366 e. The van der Waals surface area contributed by atoms with Gasteiger partial charge in [-0.1, -0.05) is 13.2 Å². The predicted octanol–water partition coefficient (Wildman–Crippen LogP) is 1.66. The van der Waals surface area contributed by atoms with E-state index in [1.54, 1.807) is 0 Å². The zero-order valence-electron chi connectivity index (χ0n) is 5.39. The lowest BCUT2D eigenvalue weighted by atomic mass is 9.92. The molecule has 0 aromatic carbocycles. The van der Waals surface area contributed by atoms with Crippen LogP contribution in [0, 0.1) is 0 Å². The van der Waals surface area contributed by atoms with Gasteiger partial charge in [0, 0.05) is 0 Å². The van der Waals surface area contributed by atoms with Crippen LogP contribution in [-0.4, -0.2) is 12.2 Å². The van der Waals surface area contributed by atoms with Gasteiger partial charge in [-0.3, -0.25) is 0 Å². The van der Waals surface area contributed by atoms with Gasteiger partial charge in [0.1, 0.15) is 0 Å². The molecule has 2 heterocycles. The molecule has 2 rings (SSSR count). The van der Waals surface area contributed by atoms with Gasteiger partial charge in [0.2, 0.25) is 0 Å². The Bertz CT molecular complexity index is 161. The molecule has 0 aromatic rings. The first kappa shape index (κ1) is 5.24. The molecule has 2 atom stereocenters. The first-order valence-electron chi connectivity index (χ1n) is 3.32. The van der Waals surface area contributed by atoms with Crippen LogP contribution in [0.25, 0.3) is 0 Å². The van der Waals surface area contributed by atoms with E-state index < -0.39 is 0 Å². The first-order chi connectivity index (χ1) is 4.29. The minimum absolute atomic E-state index is 0.322. The molecule has 0 saturated carbocycles. The second kappa shape index (κ2) is 1.48. The molecule has 0 aromatic heterocycles. The number of rotatable bonds is 0. The van der Waals surface area contributed by atoms with Crippen LogP contribution in [-0.2, 0) is 4.74 Å². The normalized spacial score (nSPS) is 40.4. The van der Waals surface area contributed by atoms with E-state index in [2.05, 4.69) is 13.2 Å². The molecule has 2 fully saturated rings. The van der Waals surface area contributed by atoms with Crippen molar-refractivity contribution in [3.8, 4) is 0 Å². The molecule has 2 aliphatic rings. The van der Waals surface area contributed by atoms with Gasteiger partial charge in [0.05, 0.1) is 12.2 Å². The quantitative estimate of drug-likeness (QED) is 0.474. The highest BCUT2D eigenvalue weighted by Gasteiger charge is 2.38. The summed E-state index contributed by atoms with van der Waals surface area (Å²) < 4.78 is 5.50. The third kappa shape index (κ3) is 0.527. The molecule has 1 nitrogen and oxygen atoms in total. The smallest absolute Gasteiger partial charge is 0.0832 e. The van der Waals surface area contributed by atoms with Gasteiger partial charge in [-0.15, -0.1) is 0 Å². The highest BCUT2D eigenvalue weighted by molar-refractivity contribution is 5.39. The average Bonchev–Trinajstić information content (AvgIpc) is 2.37. The topological polar surface area (TPSA) is 9.23 Å². The zero-order valence-corrected chi connectivity index (χ0v) is 5.39. The average molecular weight is 122 g/mol. The van der Waals surface area contributed by atoms with Crippen LogP contribution in [0.3, 0.4) is 0 Å². The summed E-state index contributed by atoms with van der Waals surface area (Å²) in [4.78, 5) is 0. The SMILES string of the molecule is C=C1C(=C)C2CCC1O2. The minimum atomic E-state index is 0.322. The molecule has 2 bridgehead atoms. The number of ether oxygens (including phenoxy) is 1. The highest BCUT2D eigenvalue weighted by Crippen LogP contribution is 2.40. The van der Waals surface area contributed by atoms with E-state index in [-0.39, 0.29) is 0 Å². The third-order valence-electron chi connectivity index (χ3n) is 2.21. The Morgan fingerprint density at radius 3 is 1.78 bits per heavy atom. The number of fused-ring (bicyclic) bond motifs is 2. The van der Waals surface area contributed by atoms with Crippen LogP contribution in [0.4, 0.5) is 0 Å². The van der Waals surface area contributed by atoms with Crippen LogP contribution >= 0.6 is 0 Å². The summed E-state index contributed by atoms with van der Waals surface area (Å²) in [7, 11) is 0. The van der Waals surface area contributed by atoms with Crippen molar-refractivity contribution in [2.24, 2.45) is 0 Å². The van der Waals surface area contributed by atoms with Gasteiger partial charge in [0.25, 0.3) is 0 Å². The molecular weight excluding hydrogens is 112 g/mol. The van der Waals surface area contributed by atoms with Crippen molar-refractivity contribution in [3.63, 3.8) is 0 Å². The summed E-state index contributed by atoms with van der Waals surface area (Å²) in [6.07, 6.45) is 2.95. The van der Waals surface area contributed by atoms with Crippen molar-refractivity contribution in [3.05, 3.63) is 24.3 Å². The summed E-state index contributed by atoms with van der Waals surface area (Å²) in [6, 6.07) is 0. The predicted molar refractivity (Wildman–Crippen MR) is 36.2 cm³/mol. The van der Waals surface area contributed by atoms with Crippen LogP contribution < -0.4 is 0 Å². The fourth-order valence-electron chi connectivity index (χ4n) is 1.56. The lowest BCUT2D eigenvalue weighted by Crippen LogP contribution is -2.05. The fourth-order valence-corrected chi connectivity index (χ4v) is 1.56. The Balaban J connectivity index is 2.35. The number of hydrogen-bond donors (Lipinski definition) is 0. The van der Waals surface area contributed by atoms with Gasteiger partial charge in [-0.05, 0) is 24.0 Å². The van der Waals surface area contributed by atoms with E-state index in [1.165, 1.54) is 0 Å². The molecule has 0 radical (unpaired) electrons. The van der Waals surface area contributed by atoms with E-state index in [0.717, 1.165) is 24.0 Å². The van der Waals surface area contributed by atoms with E-state index in [4.69, 9.17) is 4.74 Å². The molecule has 1 heteroatoms. The molecule has 0 spiro atoms. The molecule has 48 valence electrons. The summed E-state index contributed by atoms with van der Waals surface area (Å²) in [5.41, 5.74) is 2.26. The summed E-state index contributed by atoms with van der Waals surface area (Å²) in [5.74, 6) is 0. The summed E-state index contributed by atoms with van der Waals surface area (Å²) >= 11 is 0. The molecule has 0 aliphatic carbocycles. The Hall–Kier alpha value is -0.560. The van der Waals surface area contributed by atoms with Gasteiger partial charge in [-0.2, -0.15) is 0 Å². The van der Waals surface area contributed by atoms with Crippen LogP contribution in [0.1, 0.15) is 12.8 Å². The van der Waals surface area contributed by atoms with E-state index in [1.807, 2.05) is 0 Å². The van der Waals surface area contributed by atoms with Crippen LogP contribution in [0.2, 0.25) is 0 Å². The molecule has 2 unspecified atom stereocenters. The number of hydrogen-bond acceptors (Lipinski definition) is 1. The first-order valence-corrected chi connectivity index (χ1v) is 3.32. The summed E-state index contributed by atoms with van der Waals surface area (Å²) in [6.45, 7) is 7.79. The molecule has 0 amide bonds. The molecule has 9 heavy (non-hydrogen) atoms. The molecule has 2 saturated heterocycles. The largest absolute Gasteiger partial charge is 0.366 e. The Morgan fingerprint density at radius 1 is 1.11 bits per heavy atom. The third-order valence-corrected chi connectivity index (χ3v) is 2.21. The summed E-state index contributed by atoms with van der Waals surface area (Å²) in [5, 5.41) is 0. The lowest BCUT2D eigenvalue weighted by molar-refractivity contribution is 0.123. The van der Waals surface area contributed by atoms with Crippen LogP contribution in [0.15, 0.2) is 24.3 Å².